The minimum atomic E-state index is -4.83. The molecule has 2 rings (SSSR count). The molecule has 3 unspecified atom stereocenters. The number of hydrogen-bond acceptors (Lipinski definition) is 4. The second kappa shape index (κ2) is 9.25. The Balaban J connectivity index is 1.97. The second-order valence-electron chi connectivity index (χ2n) is 7.57. The maximum absolute atomic E-state index is 13.3. The van der Waals surface area contributed by atoms with Crippen LogP contribution in [0.5, 0.6) is 5.75 Å². The van der Waals surface area contributed by atoms with Gasteiger partial charge in [0.05, 0.1) is 6.10 Å². The number of benzene rings is 1. The molecule has 5 N–H and O–H groups in total. The molecule has 29 heavy (non-hydrogen) atoms. The zero-order valence-corrected chi connectivity index (χ0v) is 15.7. The van der Waals surface area contributed by atoms with Gasteiger partial charge in [0.1, 0.15) is 5.75 Å². The summed E-state index contributed by atoms with van der Waals surface area (Å²) in [4.78, 5) is 11.8. The fraction of sp³-hybridized carbons (Fsp3) is 0.632. The smallest absolute Gasteiger partial charge is 0.406 e. The summed E-state index contributed by atoms with van der Waals surface area (Å²) in [6.45, 7) is 0. The van der Waals surface area contributed by atoms with Gasteiger partial charge >= 0.3 is 6.36 Å². The Bertz CT molecular complexity index is 689. The first-order valence-electron chi connectivity index (χ1n) is 9.32. The van der Waals surface area contributed by atoms with Gasteiger partial charge in [0.2, 0.25) is 11.8 Å². The van der Waals surface area contributed by atoms with Crippen molar-refractivity contribution in [2.75, 3.05) is 0 Å². The number of aliphatic hydroxyl groups excluding tert-OH is 1. The van der Waals surface area contributed by atoms with E-state index in [0.29, 0.717) is 5.56 Å². The maximum Gasteiger partial charge on any atom is 0.573 e. The lowest BCUT2D eigenvalue weighted by molar-refractivity contribution is -0.274. The average Bonchev–Trinajstić information content (AvgIpc) is 2.58. The number of ether oxygens (including phenoxy) is 1. The molecule has 1 aliphatic rings. The van der Waals surface area contributed by atoms with E-state index in [1.807, 2.05) is 0 Å². The Labute approximate surface area is 165 Å². The summed E-state index contributed by atoms with van der Waals surface area (Å²) in [5, 5.41) is 10.4. The Morgan fingerprint density at radius 1 is 1.28 bits per heavy atom. The highest BCUT2D eigenvalue weighted by molar-refractivity contribution is 5.77. The van der Waals surface area contributed by atoms with Crippen LogP contribution in [0.1, 0.15) is 37.7 Å². The molecule has 0 saturated heterocycles. The van der Waals surface area contributed by atoms with Crippen molar-refractivity contribution in [3.63, 3.8) is 0 Å². The largest absolute Gasteiger partial charge is 0.573 e. The number of primary amides is 1. The summed E-state index contributed by atoms with van der Waals surface area (Å²) in [6, 6.07) is 4.31. The molecule has 1 amide bonds. The van der Waals surface area contributed by atoms with Gasteiger partial charge in [-0.1, -0.05) is 12.1 Å². The quantitative estimate of drug-likeness (QED) is 0.559. The number of hydrogen-bond donors (Lipinski definition) is 3. The second-order valence-corrected chi connectivity index (χ2v) is 7.57. The number of aliphatic hydroxyl groups is 1. The average molecular weight is 424 g/mol. The van der Waals surface area contributed by atoms with Gasteiger partial charge in [0, 0.05) is 24.8 Å². The molecule has 0 radical (unpaired) electrons. The van der Waals surface area contributed by atoms with E-state index in [1.54, 1.807) is 0 Å². The Morgan fingerprint density at radius 2 is 1.90 bits per heavy atom. The highest BCUT2D eigenvalue weighted by atomic mass is 19.4. The molecule has 1 aliphatic carbocycles. The van der Waals surface area contributed by atoms with Crippen molar-refractivity contribution >= 4 is 5.91 Å². The monoisotopic (exact) mass is 424 g/mol. The number of alkyl halides is 5. The SMILES string of the molecule is NC(=O)C(CC(O)C(N)Cc1cccc(OC(F)(F)F)c1)C1CCC(F)(F)CC1. The minimum Gasteiger partial charge on any atom is -0.406 e. The first-order chi connectivity index (χ1) is 13.4. The van der Waals surface area contributed by atoms with Crippen LogP contribution < -0.4 is 16.2 Å². The molecule has 10 heteroatoms. The molecule has 3 atom stereocenters. The molecule has 1 aromatic rings. The third kappa shape index (κ3) is 7.43. The number of amides is 1. The van der Waals surface area contributed by atoms with Gasteiger partial charge in [0.25, 0.3) is 0 Å². The van der Waals surface area contributed by atoms with Crippen molar-refractivity contribution < 1.29 is 36.6 Å². The van der Waals surface area contributed by atoms with Crippen molar-refractivity contribution in [3.05, 3.63) is 29.8 Å². The zero-order valence-electron chi connectivity index (χ0n) is 15.7. The first kappa shape index (κ1) is 23.3. The summed E-state index contributed by atoms with van der Waals surface area (Å²) in [5.41, 5.74) is 11.8. The number of carbonyl (C=O) groups is 1. The molecule has 0 heterocycles. The van der Waals surface area contributed by atoms with Crippen LogP contribution in [-0.4, -0.2) is 35.4 Å². The molecule has 0 spiro atoms. The molecule has 5 nitrogen and oxygen atoms in total. The van der Waals surface area contributed by atoms with Gasteiger partial charge in [-0.15, -0.1) is 13.2 Å². The van der Waals surface area contributed by atoms with Crippen molar-refractivity contribution in [1.82, 2.24) is 0 Å². The number of carbonyl (C=O) groups excluding carboxylic acids is 1. The number of halogens is 5. The van der Waals surface area contributed by atoms with E-state index in [0.717, 1.165) is 12.1 Å². The molecule has 1 aromatic carbocycles. The van der Waals surface area contributed by atoms with Crippen molar-refractivity contribution in [2.45, 2.75) is 63.0 Å². The molecule has 0 aromatic heterocycles. The summed E-state index contributed by atoms with van der Waals surface area (Å²) < 4.78 is 67.5. The number of rotatable bonds is 8. The summed E-state index contributed by atoms with van der Waals surface area (Å²) in [7, 11) is 0. The molecule has 0 bridgehead atoms. The maximum atomic E-state index is 13.3. The minimum absolute atomic E-state index is 0.0322. The van der Waals surface area contributed by atoms with Crippen molar-refractivity contribution in [2.24, 2.45) is 23.3 Å². The highest BCUT2D eigenvalue weighted by Gasteiger charge is 2.40. The first-order valence-corrected chi connectivity index (χ1v) is 9.32. The van der Waals surface area contributed by atoms with E-state index >= 15 is 0 Å². The van der Waals surface area contributed by atoms with Crippen molar-refractivity contribution in [1.29, 1.82) is 0 Å². The van der Waals surface area contributed by atoms with Gasteiger partial charge in [-0.2, -0.15) is 0 Å². The normalized spacial score (nSPS) is 20.7. The van der Waals surface area contributed by atoms with Crippen LogP contribution in [-0.2, 0) is 11.2 Å². The van der Waals surface area contributed by atoms with Crippen LogP contribution in [0.2, 0.25) is 0 Å². The van der Waals surface area contributed by atoms with Crippen LogP contribution in [0.3, 0.4) is 0 Å². The number of nitrogens with two attached hydrogens (primary N) is 2. The third-order valence-electron chi connectivity index (χ3n) is 5.29. The van der Waals surface area contributed by atoms with Crippen LogP contribution >= 0.6 is 0 Å². The lowest BCUT2D eigenvalue weighted by Crippen LogP contribution is -2.43. The summed E-state index contributed by atoms with van der Waals surface area (Å²) in [6.07, 6.45) is -6.49. The van der Waals surface area contributed by atoms with Crippen LogP contribution in [0.15, 0.2) is 24.3 Å². The van der Waals surface area contributed by atoms with Gasteiger partial charge in [-0.05, 0) is 49.3 Å². The fourth-order valence-electron chi connectivity index (χ4n) is 3.72. The topological polar surface area (TPSA) is 98.6 Å². The van der Waals surface area contributed by atoms with Gasteiger partial charge < -0.3 is 21.3 Å². The van der Waals surface area contributed by atoms with E-state index in [1.165, 1.54) is 12.1 Å². The van der Waals surface area contributed by atoms with Crippen molar-refractivity contribution in [3.8, 4) is 5.75 Å². The van der Waals surface area contributed by atoms with Gasteiger partial charge in [0.15, 0.2) is 0 Å². The van der Waals surface area contributed by atoms with Crippen LogP contribution in [0, 0.1) is 11.8 Å². The standard InChI is InChI=1S/C19H25F5N2O3/c20-18(21)6-4-12(5-7-18)14(17(26)28)10-16(27)15(25)9-11-2-1-3-13(8-11)29-19(22,23)24/h1-3,8,12,14-16,27H,4-7,9-10,25H2,(H2,26,28). The lowest BCUT2D eigenvalue weighted by atomic mass is 9.75. The predicted octanol–water partition coefficient (Wildman–Crippen LogP) is 3.13. The molecule has 164 valence electrons. The fourth-order valence-corrected chi connectivity index (χ4v) is 3.72. The Morgan fingerprint density at radius 3 is 2.45 bits per heavy atom. The van der Waals surface area contributed by atoms with E-state index in [-0.39, 0.29) is 44.4 Å². The molecular weight excluding hydrogens is 399 g/mol. The summed E-state index contributed by atoms with van der Waals surface area (Å²) in [5.74, 6) is -5.01. The Hall–Kier alpha value is -1.94. The molecule has 1 fully saturated rings. The van der Waals surface area contributed by atoms with Gasteiger partial charge in [-0.25, -0.2) is 8.78 Å². The van der Waals surface area contributed by atoms with E-state index < -0.39 is 42.0 Å². The van der Waals surface area contributed by atoms with Crippen LogP contribution in [0.25, 0.3) is 0 Å². The third-order valence-corrected chi connectivity index (χ3v) is 5.29. The summed E-state index contributed by atoms with van der Waals surface area (Å²) >= 11 is 0. The molecular formula is C19H25F5N2O3. The zero-order chi connectivity index (χ0) is 21.8. The van der Waals surface area contributed by atoms with Crippen LogP contribution in [0.4, 0.5) is 22.0 Å². The highest BCUT2D eigenvalue weighted by Crippen LogP contribution is 2.40. The lowest BCUT2D eigenvalue weighted by Gasteiger charge is -2.34. The predicted molar refractivity (Wildman–Crippen MR) is 95.0 cm³/mol. The van der Waals surface area contributed by atoms with E-state index in [4.69, 9.17) is 11.5 Å². The molecule has 1 saturated carbocycles. The Kier molecular flexibility index (Phi) is 7.45. The van der Waals surface area contributed by atoms with E-state index in [2.05, 4.69) is 4.74 Å². The molecule has 0 aliphatic heterocycles. The van der Waals surface area contributed by atoms with Gasteiger partial charge in [-0.3, -0.25) is 4.79 Å². The van der Waals surface area contributed by atoms with E-state index in [9.17, 15) is 31.9 Å².